The van der Waals surface area contributed by atoms with Crippen LogP contribution in [-0.2, 0) is 4.74 Å². The first kappa shape index (κ1) is 10.3. The lowest BCUT2D eigenvalue weighted by molar-refractivity contribution is 0.0741. The van der Waals surface area contributed by atoms with E-state index in [1.165, 1.54) is 6.20 Å². The van der Waals surface area contributed by atoms with Crippen molar-refractivity contribution in [3.05, 3.63) is 11.2 Å². The molecule has 0 fully saturated rings. The molecule has 0 radical (unpaired) electrons. The summed E-state index contributed by atoms with van der Waals surface area (Å²) in [5, 5.41) is 4.55. The second-order valence-electron chi connectivity index (χ2n) is 3.00. The first-order valence-electron chi connectivity index (χ1n) is 4.09. The van der Waals surface area contributed by atoms with E-state index in [-0.39, 0.29) is 12.1 Å². The Hall–Kier alpha value is -0.740. The van der Waals surface area contributed by atoms with Crippen LogP contribution in [0.3, 0.4) is 0 Å². The van der Waals surface area contributed by atoms with Crippen LogP contribution >= 0.6 is 11.6 Å². The van der Waals surface area contributed by atoms with Gasteiger partial charge in [-0.3, -0.25) is 0 Å². The second kappa shape index (κ2) is 3.98. The lowest BCUT2D eigenvalue weighted by atomic mass is 10.2. The maximum absolute atomic E-state index is 5.77. The van der Waals surface area contributed by atoms with Gasteiger partial charge in [-0.2, -0.15) is 5.10 Å². The normalized spacial score (nSPS) is 15.7. The zero-order valence-corrected chi connectivity index (χ0v) is 8.75. The average molecular weight is 204 g/mol. The molecule has 74 valence electrons. The van der Waals surface area contributed by atoms with E-state index in [1.54, 1.807) is 11.8 Å². The number of rotatable bonds is 3. The highest BCUT2D eigenvalue weighted by atomic mass is 35.5. The maximum atomic E-state index is 5.77. The van der Waals surface area contributed by atoms with Crippen molar-refractivity contribution in [1.29, 1.82) is 0 Å². The quantitative estimate of drug-likeness (QED) is 0.814. The predicted octanol–water partition coefficient (Wildman–Crippen LogP) is 1.71. The van der Waals surface area contributed by atoms with E-state index < -0.39 is 0 Å². The zero-order valence-electron chi connectivity index (χ0n) is 7.99. The number of halogens is 1. The monoisotopic (exact) mass is 203 g/mol. The van der Waals surface area contributed by atoms with E-state index in [1.807, 2.05) is 13.8 Å². The molecule has 0 spiro atoms. The minimum atomic E-state index is 0.0540. The smallest absolute Gasteiger partial charge is 0.141 e. The molecule has 13 heavy (non-hydrogen) atoms. The summed E-state index contributed by atoms with van der Waals surface area (Å²) in [6.45, 7) is 3.94. The first-order chi connectivity index (χ1) is 6.07. The summed E-state index contributed by atoms with van der Waals surface area (Å²) in [6.07, 6.45) is 1.59. The summed E-state index contributed by atoms with van der Waals surface area (Å²) in [4.78, 5) is 0. The fourth-order valence-corrected chi connectivity index (χ4v) is 1.20. The highest BCUT2D eigenvalue weighted by Gasteiger charge is 2.17. The third kappa shape index (κ3) is 1.95. The van der Waals surface area contributed by atoms with Crippen LogP contribution < -0.4 is 5.73 Å². The van der Waals surface area contributed by atoms with E-state index >= 15 is 0 Å². The van der Waals surface area contributed by atoms with E-state index in [0.717, 1.165) is 0 Å². The zero-order chi connectivity index (χ0) is 10.0. The van der Waals surface area contributed by atoms with Gasteiger partial charge in [0, 0.05) is 7.11 Å². The first-order valence-corrected chi connectivity index (χ1v) is 4.47. The average Bonchev–Trinajstić information content (AvgIpc) is 2.45. The van der Waals surface area contributed by atoms with Gasteiger partial charge < -0.3 is 10.5 Å². The van der Waals surface area contributed by atoms with Crippen molar-refractivity contribution in [3.8, 4) is 0 Å². The lowest BCUT2D eigenvalue weighted by Crippen LogP contribution is -2.22. The van der Waals surface area contributed by atoms with Gasteiger partial charge in [0.15, 0.2) is 0 Å². The highest BCUT2D eigenvalue weighted by Crippen LogP contribution is 2.23. The number of nitrogen functional groups attached to an aromatic ring is 1. The molecule has 0 aliphatic rings. The van der Waals surface area contributed by atoms with Crippen molar-refractivity contribution < 1.29 is 4.74 Å². The van der Waals surface area contributed by atoms with Crippen molar-refractivity contribution in [3.63, 3.8) is 0 Å². The van der Waals surface area contributed by atoms with Crippen molar-refractivity contribution in [2.24, 2.45) is 0 Å². The Morgan fingerprint density at radius 3 is 2.62 bits per heavy atom. The van der Waals surface area contributed by atoms with Gasteiger partial charge in [-0.15, -0.1) is 0 Å². The summed E-state index contributed by atoms with van der Waals surface area (Å²) in [6, 6.07) is 0.0810. The molecule has 5 heteroatoms. The Bertz CT molecular complexity index is 287. The van der Waals surface area contributed by atoms with Crippen molar-refractivity contribution >= 4 is 17.4 Å². The Kier molecular flexibility index (Phi) is 3.17. The maximum Gasteiger partial charge on any atom is 0.141 e. The van der Waals surface area contributed by atoms with Crippen LogP contribution in [0.2, 0.25) is 5.02 Å². The van der Waals surface area contributed by atoms with E-state index in [0.29, 0.717) is 10.8 Å². The van der Waals surface area contributed by atoms with Gasteiger partial charge in [-0.25, -0.2) is 4.68 Å². The van der Waals surface area contributed by atoms with Gasteiger partial charge in [0.05, 0.1) is 18.3 Å². The van der Waals surface area contributed by atoms with Crippen molar-refractivity contribution in [2.45, 2.75) is 26.0 Å². The molecule has 0 aliphatic heterocycles. The van der Waals surface area contributed by atoms with Crippen molar-refractivity contribution in [2.75, 3.05) is 12.8 Å². The van der Waals surface area contributed by atoms with Crippen LogP contribution in [0.4, 0.5) is 5.82 Å². The number of methoxy groups -OCH3 is 1. The van der Waals surface area contributed by atoms with Gasteiger partial charge in [0.1, 0.15) is 10.8 Å². The number of nitrogens with two attached hydrogens (primary N) is 1. The van der Waals surface area contributed by atoms with E-state index in [2.05, 4.69) is 5.10 Å². The molecule has 0 bridgehead atoms. The molecule has 0 aromatic carbocycles. The van der Waals surface area contributed by atoms with Gasteiger partial charge in [0.2, 0.25) is 0 Å². The molecule has 0 aliphatic carbocycles. The fourth-order valence-electron chi connectivity index (χ4n) is 1.07. The molecule has 0 amide bonds. The SMILES string of the molecule is COC(C)C(C)n1ncc(Cl)c1N. The number of hydrogen-bond acceptors (Lipinski definition) is 3. The largest absolute Gasteiger partial charge is 0.383 e. The van der Waals surface area contributed by atoms with E-state index in [4.69, 9.17) is 22.1 Å². The molecule has 1 heterocycles. The molecule has 2 unspecified atom stereocenters. The molecule has 2 atom stereocenters. The van der Waals surface area contributed by atoms with Crippen LogP contribution in [0.15, 0.2) is 6.20 Å². The van der Waals surface area contributed by atoms with Crippen LogP contribution in [0.5, 0.6) is 0 Å². The van der Waals surface area contributed by atoms with Crippen molar-refractivity contribution in [1.82, 2.24) is 9.78 Å². The van der Waals surface area contributed by atoms with Gasteiger partial charge in [0.25, 0.3) is 0 Å². The number of ether oxygens (including phenoxy) is 1. The van der Waals surface area contributed by atoms with Crippen LogP contribution in [0.1, 0.15) is 19.9 Å². The molecule has 4 nitrogen and oxygen atoms in total. The third-order valence-corrected chi connectivity index (χ3v) is 2.52. The van der Waals surface area contributed by atoms with Gasteiger partial charge in [-0.1, -0.05) is 11.6 Å². The van der Waals surface area contributed by atoms with Crippen LogP contribution in [0, 0.1) is 0 Å². The van der Waals surface area contributed by atoms with Crippen LogP contribution in [0.25, 0.3) is 0 Å². The molecule has 0 saturated heterocycles. The lowest BCUT2D eigenvalue weighted by Gasteiger charge is -2.19. The minimum absolute atomic E-state index is 0.0540. The molecular formula is C8H14ClN3O. The Labute approximate surface area is 82.6 Å². The Morgan fingerprint density at radius 2 is 2.23 bits per heavy atom. The fraction of sp³-hybridized carbons (Fsp3) is 0.625. The summed E-state index contributed by atoms with van der Waals surface area (Å²) in [7, 11) is 1.66. The topological polar surface area (TPSA) is 53.1 Å². The molecule has 1 rings (SSSR count). The summed E-state index contributed by atoms with van der Waals surface area (Å²) >= 11 is 5.77. The van der Waals surface area contributed by atoms with Gasteiger partial charge >= 0.3 is 0 Å². The summed E-state index contributed by atoms with van der Waals surface area (Å²) in [5.41, 5.74) is 5.71. The number of anilines is 1. The molecule has 1 aromatic rings. The summed E-state index contributed by atoms with van der Waals surface area (Å²) in [5.74, 6) is 0.484. The minimum Gasteiger partial charge on any atom is -0.383 e. The standard InChI is InChI=1S/C8H14ClN3O/c1-5(6(2)13-3)12-8(10)7(9)4-11-12/h4-6H,10H2,1-3H3. The number of nitrogens with zero attached hydrogens (tertiary/aromatic N) is 2. The molecule has 0 saturated carbocycles. The van der Waals surface area contributed by atoms with E-state index in [9.17, 15) is 0 Å². The molecule has 2 N–H and O–H groups in total. The number of aromatic nitrogens is 2. The van der Waals surface area contributed by atoms with Gasteiger partial charge in [-0.05, 0) is 13.8 Å². The summed E-state index contributed by atoms with van der Waals surface area (Å²) < 4.78 is 6.83. The predicted molar refractivity (Wildman–Crippen MR) is 52.8 cm³/mol. The number of hydrogen-bond donors (Lipinski definition) is 1. The van der Waals surface area contributed by atoms with Crippen LogP contribution in [-0.4, -0.2) is 23.0 Å². The molecule has 1 aromatic heterocycles. The second-order valence-corrected chi connectivity index (χ2v) is 3.41. The molecular weight excluding hydrogens is 190 g/mol. The highest BCUT2D eigenvalue weighted by molar-refractivity contribution is 6.32. The Balaban J connectivity index is 2.88. The third-order valence-electron chi connectivity index (χ3n) is 2.22. The Morgan fingerprint density at radius 1 is 1.62 bits per heavy atom.